The van der Waals surface area contributed by atoms with E-state index >= 15 is 0 Å². The standard InChI is InChI=1S/C17H18O6/c1-21-16(19)14(17(20)22-2)12-8-9-13(10-12)23-15(18)11-6-4-3-5-7-11/h3-9,12-14H,10H2,1-2H3/t12-,13+/m0/s1. The van der Waals surface area contributed by atoms with Gasteiger partial charge in [-0.05, 0) is 24.6 Å². The molecule has 0 saturated heterocycles. The monoisotopic (exact) mass is 318 g/mol. The summed E-state index contributed by atoms with van der Waals surface area (Å²) in [4.78, 5) is 35.6. The van der Waals surface area contributed by atoms with Gasteiger partial charge in [0.15, 0.2) is 5.92 Å². The molecule has 0 unspecified atom stereocenters. The lowest BCUT2D eigenvalue weighted by Crippen LogP contribution is -2.33. The molecule has 23 heavy (non-hydrogen) atoms. The van der Waals surface area contributed by atoms with Gasteiger partial charge in [0.2, 0.25) is 0 Å². The van der Waals surface area contributed by atoms with E-state index < -0.39 is 35.8 Å². The predicted octanol–water partition coefficient (Wildman–Crippen LogP) is 1.75. The van der Waals surface area contributed by atoms with Crippen LogP contribution in [0.5, 0.6) is 0 Å². The minimum Gasteiger partial charge on any atom is -0.468 e. The van der Waals surface area contributed by atoms with Crippen molar-refractivity contribution in [1.29, 1.82) is 0 Å². The molecule has 0 saturated carbocycles. The summed E-state index contributed by atoms with van der Waals surface area (Å²) in [5, 5.41) is 0. The van der Waals surface area contributed by atoms with Gasteiger partial charge in [0.05, 0.1) is 19.8 Å². The number of hydrogen-bond donors (Lipinski definition) is 0. The summed E-state index contributed by atoms with van der Waals surface area (Å²) in [5.41, 5.74) is 0.446. The van der Waals surface area contributed by atoms with Crippen molar-refractivity contribution >= 4 is 17.9 Å². The Hall–Kier alpha value is -2.63. The smallest absolute Gasteiger partial charge is 0.338 e. The van der Waals surface area contributed by atoms with Gasteiger partial charge in [-0.3, -0.25) is 9.59 Å². The molecule has 0 heterocycles. The van der Waals surface area contributed by atoms with Crippen molar-refractivity contribution < 1.29 is 28.6 Å². The van der Waals surface area contributed by atoms with Crippen molar-refractivity contribution in [3.8, 4) is 0 Å². The molecule has 6 heteroatoms. The summed E-state index contributed by atoms with van der Waals surface area (Å²) >= 11 is 0. The summed E-state index contributed by atoms with van der Waals surface area (Å²) in [7, 11) is 2.42. The van der Waals surface area contributed by atoms with Crippen molar-refractivity contribution in [3.05, 3.63) is 48.0 Å². The van der Waals surface area contributed by atoms with Crippen LogP contribution in [0.2, 0.25) is 0 Å². The van der Waals surface area contributed by atoms with E-state index in [1.165, 1.54) is 14.2 Å². The van der Waals surface area contributed by atoms with E-state index in [0.29, 0.717) is 12.0 Å². The van der Waals surface area contributed by atoms with Gasteiger partial charge in [0, 0.05) is 5.92 Å². The van der Waals surface area contributed by atoms with Crippen molar-refractivity contribution in [2.75, 3.05) is 14.2 Å². The highest BCUT2D eigenvalue weighted by Gasteiger charge is 2.39. The number of carbonyl (C=O) groups excluding carboxylic acids is 3. The van der Waals surface area contributed by atoms with E-state index in [-0.39, 0.29) is 0 Å². The average Bonchev–Trinajstić information content (AvgIpc) is 3.03. The minimum atomic E-state index is -1.05. The van der Waals surface area contributed by atoms with Gasteiger partial charge in [0.25, 0.3) is 0 Å². The Balaban J connectivity index is 2.00. The van der Waals surface area contributed by atoms with Crippen molar-refractivity contribution in [3.63, 3.8) is 0 Å². The number of carbonyl (C=O) groups is 3. The van der Waals surface area contributed by atoms with Crippen LogP contribution in [0, 0.1) is 11.8 Å². The average molecular weight is 318 g/mol. The zero-order valence-electron chi connectivity index (χ0n) is 12.9. The van der Waals surface area contributed by atoms with Gasteiger partial charge in [-0.25, -0.2) is 4.79 Å². The zero-order valence-corrected chi connectivity index (χ0v) is 12.9. The second kappa shape index (κ2) is 7.58. The fourth-order valence-electron chi connectivity index (χ4n) is 2.51. The van der Waals surface area contributed by atoms with E-state index in [9.17, 15) is 14.4 Å². The molecule has 0 bridgehead atoms. The molecule has 0 aliphatic heterocycles. The number of allylic oxidation sites excluding steroid dienone is 1. The summed E-state index contributed by atoms with van der Waals surface area (Å²) in [6.07, 6.45) is 3.18. The maximum Gasteiger partial charge on any atom is 0.338 e. The first-order valence-electron chi connectivity index (χ1n) is 7.16. The topological polar surface area (TPSA) is 78.9 Å². The first kappa shape index (κ1) is 16.7. The molecule has 1 aliphatic rings. The summed E-state index contributed by atoms with van der Waals surface area (Å²) < 4.78 is 14.7. The van der Waals surface area contributed by atoms with Crippen LogP contribution >= 0.6 is 0 Å². The van der Waals surface area contributed by atoms with Gasteiger partial charge in [0.1, 0.15) is 6.10 Å². The minimum absolute atomic E-state index is 0.327. The van der Waals surface area contributed by atoms with Crippen LogP contribution in [0.15, 0.2) is 42.5 Å². The molecule has 0 amide bonds. The molecule has 0 spiro atoms. The van der Waals surface area contributed by atoms with Crippen LogP contribution in [0.1, 0.15) is 16.8 Å². The van der Waals surface area contributed by atoms with E-state index in [1.54, 1.807) is 42.5 Å². The van der Waals surface area contributed by atoms with E-state index in [1.807, 2.05) is 0 Å². The number of ether oxygens (including phenoxy) is 3. The van der Waals surface area contributed by atoms with Crippen molar-refractivity contribution in [2.24, 2.45) is 11.8 Å². The van der Waals surface area contributed by atoms with Crippen LogP contribution in [0.4, 0.5) is 0 Å². The third kappa shape index (κ3) is 3.97. The van der Waals surface area contributed by atoms with Gasteiger partial charge < -0.3 is 14.2 Å². The molecule has 6 nitrogen and oxygen atoms in total. The van der Waals surface area contributed by atoms with Gasteiger partial charge in [-0.1, -0.05) is 24.3 Å². The zero-order chi connectivity index (χ0) is 16.8. The first-order chi connectivity index (χ1) is 11.1. The van der Waals surface area contributed by atoms with Gasteiger partial charge in [-0.2, -0.15) is 0 Å². The number of methoxy groups -OCH3 is 2. The molecule has 1 aliphatic carbocycles. The maximum absolute atomic E-state index is 12.0. The third-order valence-corrected chi connectivity index (χ3v) is 3.68. The molecule has 0 N–H and O–H groups in total. The summed E-state index contributed by atoms with van der Waals surface area (Å²) in [6.45, 7) is 0. The molecule has 1 aromatic rings. The lowest BCUT2D eigenvalue weighted by Gasteiger charge is -2.19. The Kier molecular flexibility index (Phi) is 5.51. The lowest BCUT2D eigenvalue weighted by atomic mass is 9.91. The van der Waals surface area contributed by atoms with Crippen LogP contribution < -0.4 is 0 Å². The summed E-state index contributed by atoms with van der Waals surface area (Å²) in [6, 6.07) is 8.61. The maximum atomic E-state index is 12.0. The Morgan fingerprint density at radius 3 is 2.17 bits per heavy atom. The quantitative estimate of drug-likeness (QED) is 0.356. The van der Waals surface area contributed by atoms with Crippen molar-refractivity contribution in [2.45, 2.75) is 12.5 Å². The predicted molar refractivity (Wildman–Crippen MR) is 80.4 cm³/mol. The van der Waals surface area contributed by atoms with Crippen LogP contribution in [0.3, 0.4) is 0 Å². The fraction of sp³-hybridized carbons (Fsp3) is 0.353. The van der Waals surface area contributed by atoms with Crippen molar-refractivity contribution in [1.82, 2.24) is 0 Å². The molecule has 2 rings (SSSR count). The second-order valence-corrected chi connectivity index (χ2v) is 5.12. The molecular weight excluding hydrogens is 300 g/mol. The Morgan fingerprint density at radius 2 is 1.61 bits per heavy atom. The lowest BCUT2D eigenvalue weighted by molar-refractivity contribution is -0.160. The molecule has 122 valence electrons. The van der Waals surface area contributed by atoms with Gasteiger partial charge >= 0.3 is 17.9 Å². The van der Waals surface area contributed by atoms with Crippen LogP contribution in [-0.2, 0) is 23.8 Å². The second-order valence-electron chi connectivity index (χ2n) is 5.12. The Bertz CT molecular complexity index is 591. The molecule has 1 aromatic carbocycles. The highest BCUT2D eigenvalue weighted by molar-refractivity contribution is 5.95. The van der Waals surface area contributed by atoms with Gasteiger partial charge in [-0.15, -0.1) is 0 Å². The van der Waals surface area contributed by atoms with Crippen LogP contribution in [0.25, 0.3) is 0 Å². The van der Waals surface area contributed by atoms with E-state index in [2.05, 4.69) is 9.47 Å². The highest BCUT2D eigenvalue weighted by Crippen LogP contribution is 2.29. The number of rotatable bonds is 5. The number of esters is 3. The largest absolute Gasteiger partial charge is 0.468 e. The molecule has 2 atom stereocenters. The number of hydrogen-bond acceptors (Lipinski definition) is 6. The highest BCUT2D eigenvalue weighted by atomic mass is 16.5. The van der Waals surface area contributed by atoms with Crippen LogP contribution in [-0.4, -0.2) is 38.2 Å². The first-order valence-corrected chi connectivity index (χ1v) is 7.16. The normalized spacial score (nSPS) is 19.4. The Morgan fingerprint density at radius 1 is 1.00 bits per heavy atom. The Labute approximate surface area is 134 Å². The van der Waals surface area contributed by atoms with E-state index in [4.69, 9.17) is 4.74 Å². The fourth-order valence-corrected chi connectivity index (χ4v) is 2.51. The number of benzene rings is 1. The molecule has 0 radical (unpaired) electrons. The molecule has 0 aromatic heterocycles. The molecular formula is C17H18O6. The third-order valence-electron chi connectivity index (χ3n) is 3.68. The molecule has 0 fully saturated rings. The SMILES string of the molecule is COC(=O)C(C(=O)OC)[C@H]1C=C[C@@H](OC(=O)c2ccccc2)C1. The summed E-state index contributed by atoms with van der Waals surface area (Å²) in [5.74, 6) is -3.26. The van der Waals surface area contributed by atoms with E-state index in [0.717, 1.165) is 0 Å².